The van der Waals surface area contributed by atoms with E-state index in [1.54, 1.807) is 18.2 Å². The molecule has 1 aliphatic rings. The lowest BCUT2D eigenvalue weighted by Gasteiger charge is -2.27. The van der Waals surface area contributed by atoms with Crippen LogP contribution < -0.4 is 10.6 Å². The van der Waals surface area contributed by atoms with Gasteiger partial charge in [0.05, 0.1) is 0 Å². The largest absolute Gasteiger partial charge is 0.350 e. The predicted molar refractivity (Wildman–Crippen MR) is 122 cm³/mol. The minimum Gasteiger partial charge on any atom is -0.350 e. The van der Waals surface area contributed by atoms with Gasteiger partial charge in [-0.15, -0.1) is 0 Å². The Hall–Kier alpha value is -4.00. The van der Waals surface area contributed by atoms with E-state index in [9.17, 15) is 18.8 Å². The van der Waals surface area contributed by atoms with Crippen LogP contribution in [0, 0.1) is 5.82 Å². The molecule has 33 heavy (non-hydrogen) atoms. The SMILES string of the molecule is O=C(CN1C(=O)NC(Cc2ccccc2)(Cc2ccccc2)C1=O)NCc1ccccc1F. The van der Waals surface area contributed by atoms with E-state index in [1.807, 2.05) is 60.7 Å². The van der Waals surface area contributed by atoms with Gasteiger partial charge in [0.2, 0.25) is 5.91 Å². The maximum absolute atomic E-state index is 13.8. The van der Waals surface area contributed by atoms with Crippen LogP contribution in [-0.4, -0.2) is 34.8 Å². The molecule has 0 saturated carbocycles. The molecule has 4 rings (SSSR count). The first-order valence-corrected chi connectivity index (χ1v) is 10.7. The maximum atomic E-state index is 13.8. The summed E-state index contributed by atoms with van der Waals surface area (Å²) in [6.07, 6.45) is 0.585. The number of carbonyl (C=O) groups excluding carboxylic acids is 3. The fourth-order valence-electron chi connectivity index (χ4n) is 4.05. The summed E-state index contributed by atoms with van der Waals surface area (Å²) in [5, 5.41) is 5.43. The second-order valence-electron chi connectivity index (χ2n) is 8.10. The minimum atomic E-state index is -1.20. The smallest absolute Gasteiger partial charge is 0.325 e. The summed E-state index contributed by atoms with van der Waals surface area (Å²) in [4.78, 5) is 39.7. The number of benzene rings is 3. The van der Waals surface area contributed by atoms with Crippen LogP contribution in [0.25, 0.3) is 0 Å². The van der Waals surface area contributed by atoms with Gasteiger partial charge >= 0.3 is 6.03 Å². The zero-order chi connectivity index (χ0) is 23.3. The van der Waals surface area contributed by atoms with Crippen molar-refractivity contribution in [2.75, 3.05) is 6.54 Å². The Balaban J connectivity index is 1.51. The number of hydrogen-bond acceptors (Lipinski definition) is 3. The topological polar surface area (TPSA) is 78.5 Å². The van der Waals surface area contributed by atoms with Gasteiger partial charge in [0, 0.05) is 24.9 Å². The Bertz CT molecular complexity index is 1110. The molecule has 0 atom stereocenters. The first kappa shape index (κ1) is 22.2. The van der Waals surface area contributed by atoms with Gasteiger partial charge in [-0.2, -0.15) is 0 Å². The number of amides is 4. The first-order valence-electron chi connectivity index (χ1n) is 10.7. The van der Waals surface area contributed by atoms with Crippen molar-refractivity contribution in [2.45, 2.75) is 24.9 Å². The monoisotopic (exact) mass is 445 g/mol. The summed E-state index contributed by atoms with van der Waals surface area (Å²) in [5.74, 6) is -1.43. The van der Waals surface area contributed by atoms with Gasteiger partial charge in [-0.3, -0.25) is 14.5 Å². The Morgan fingerprint density at radius 1 is 0.848 bits per heavy atom. The molecular formula is C26H24FN3O3. The third-order valence-corrected chi connectivity index (χ3v) is 5.68. The summed E-state index contributed by atoms with van der Waals surface area (Å²) in [6, 6.07) is 24.3. The first-order chi connectivity index (χ1) is 16.0. The summed E-state index contributed by atoms with van der Waals surface area (Å²) in [5.41, 5.74) is 0.914. The van der Waals surface area contributed by atoms with Gasteiger partial charge in [0.25, 0.3) is 5.91 Å². The quantitative estimate of drug-likeness (QED) is 0.523. The number of halogens is 1. The molecule has 1 saturated heterocycles. The maximum Gasteiger partial charge on any atom is 0.325 e. The Morgan fingerprint density at radius 2 is 1.39 bits per heavy atom. The van der Waals surface area contributed by atoms with Crippen molar-refractivity contribution < 1.29 is 18.8 Å². The standard InChI is InChI=1S/C26H24FN3O3/c27-22-14-8-7-13-21(22)17-28-23(31)18-30-24(32)26(29-25(30)33,15-19-9-3-1-4-10-19)16-20-11-5-2-6-12-20/h1-14H,15-18H2,(H,28,31)(H,29,33). The molecular weight excluding hydrogens is 421 g/mol. The van der Waals surface area contributed by atoms with Gasteiger partial charge < -0.3 is 10.6 Å². The van der Waals surface area contributed by atoms with Crippen molar-refractivity contribution in [3.63, 3.8) is 0 Å². The number of nitrogens with zero attached hydrogens (tertiary/aromatic N) is 1. The highest BCUT2D eigenvalue weighted by atomic mass is 19.1. The van der Waals surface area contributed by atoms with E-state index in [1.165, 1.54) is 6.07 Å². The van der Waals surface area contributed by atoms with Gasteiger partial charge in [0.1, 0.15) is 17.9 Å². The molecule has 3 aromatic rings. The molecule has 0 unspecified atom stereocenters. The van der Waals surface area contributed by atoms with Gasteiger partial charge in [-0.05, 0) is 17.2 Å². The zero-order valence-corrected chi connectivity index (χ0v) is 18.0. The molecule has 0 aromatic heterocycles. The fraction of sp³-hybridized carbons (Fsp3) is 0.192. The molecule has 4 amide bonds. The number of imide groups is 1. The lowest BCUT2D eigenvalue weighted by Crippen LogP contribution is -2.51. The van der Waals surface area contributed by atoms with Crippen LogP contribution in [0.3, 0.4) is 0 Å². The van der Waals surface area contributed by atoms with E-state index in [2.05, 4.69) is 10.6 Å². The van der Waals surface area contributed by atoms with Crippen LogP contribution in [0.5, 0.6) is 0 Å². The molecule has 6 nitrogen and oxygen atoms in total. The van der Waals surface area contributed by atoms with Crippen molar-refractivity contribution in [3.05, 3.63) is 107 Å². The van der Waals surface area contributed by atoms with E-state index < -0.39 is 35.7 Å². The second-order valence-corrected chi connectivity index (χ2v) is 8.10. The average Bonchev–Trinajstić information content (AvgIpc) is 3.03. The molecule has 2 N–H and O–H groups in total. The Kier molecular flexibility index (Phi) is 6.49. The number of hydrogen-bond donors (Lipinski definition) is 2. The summed E-state index contributed by atoms with van der Waals surface area (Å²) in [7, 11) is 0. The molecule has 1 fully saturated rings. The van der Waals surface area contributed by atoms with Crippen LogP contribution in [-0.2, 0) is 29.0 Å². The molecule has 3 aromatic carbocycles. The van der Waals surface area contributed by atoms with Crippen molar-refractivity contribution in [3.8, 4) is 0 Å². The van der Waals surface area contributed by atoms with Crippen molar-refractivity contribution in [1.29, 1.82) is 0 Å². The number of urea groups is 1. The number of rotatable bonds is 8. The molecule has 0 radical (unpaired) electrons. The van der Waals surface area contributed by atoms with E-state index in [-0.39, 0.29) is 6.54 Å². The van der Waals surface area contributed by atoms with Crippen LogP contribution in [0.1, 0.15) is 16.7 Å². The predicted octanol–water partition coefficient (Wildman–Crippen LogP) is 3.22. The van der Waals surface area contributed by atoms with Crippen LogP contribution >= 0.6 is 0 Å². The van der Waals surface area contributed by atoms with Crippen molar-refractivity contribution in [2.24, 2.45) is 0 Å². The summed E-state index contributed by atoms with van der Waals surface area (Å²) < 4.78 is 13.8. The van der Waals surface area contributed by atoms with Gasteiger partial charge in [-0.1, -0.05) is 78.9 Å². The van der Waals surface area contributed by atoms with Crippen LogP contribution in [0.15, 0.2) is 84.9 Å². The van der Waals surface area contributed by atoms with Gasteiger partial charge in [-0.25, -0.2) is 9.18 Å². The molecule has 7 heteroatoms. The lowest BCUT2D eigenvalue weighted by molar-refractivity contribution is -0.135. The Morgan fingerprint density at radius 3 is 1.97 bits per heavy atom. The summed E-state index contributed by atoms with van der Waals surface area (Å²) in [6.45, 7) is -0.473. The molecule has 1 heterocycles. The Labute approximate surface area is 191 Å². The fourth-order valence-corrected chi connectivity index (χ4v) is 4.05. The minimum absolute atomic E-state index is 0.0334. The second kappa shape index (κ2) is 9.65. The molecule has 0 bridgehead atoms. The molecule has 0 spiro atoms. The third kappa shape index (κ3) is 5.09. The average molecular weight is 445 g/mol. The van der Waals surface area contributed by atoms with E-state index >= 15 is 0 Å². The highest BCUT2D eigenvalue weighted by Gasteiger charge is 2.51. The van der Waals surface area contributed by atoms with Crippen LogP contribution in [0.4, 0.5) is 9.18 Å². The number of nitrogens with one attached hydrogen (secondary N) is 2. The van der Waals surface area contributed by atoms with E-state index in [0.29, 0.717) is 18.4 Å². The van der Waals surface area contributed by atoms with E-state index in [0.717, 1.165) is 16.0 Å². The normalized spacial score (nSPS) is 14.8. The highest BCUT2D eigenvalue weighted by Crippen LogP contribution is 2.27. The van der Waals surface area contributed by atoms with Crippen molar-refractivity contribution >= 4 is 17.8 Å². The van der Waals surface area contributed by atoms with Crippen LogP contribution in [0.2, 0.25) is 0 Å². The molecule has 0 aliphatic carbocycles. The van der Waals surface area contributed by atoms with Crippen molar-refractivity contribution in [1.82, 2.24) is 15.5 Å². The lowest BCUT2D eigenvalue weighted by atomic mass is 9.84. The van der Waals surface area contributed by atoms with Gasteiger partial charge in [0.15, 0.2) is 0 Å². The summed E-state index contributed by atoms with van der Waals surface area (Å²) >= 11 is 0. The highest BCUT2D eigenvalue weighted by molar-refractivity contribution is 6.09. The number of carbonyl (C=O) groups is 3. The molecule has 1 aliphatic heterocycles. The zero-order valence-electron chi connectivity index (χ0n) is 18.0. The van der Waals surface area contributed by atoms with E-state index in [4.69, 9.17) is 0 Å². The third-order valence-electron chi connectivity index (χ3n) is 5.68. The molecule has 168 valence electrons.